The lowest BCUT2D eigenvalue weighted by atomic mass is 9.84. The average molecular weight is 475 g/mol. The summed E-state index contributed by atoms with van der Waals surface area (Å²) in [4.78, 5) is 14.9. The molecule has 178 valence electrons. The zero-order valence-electron chi connectivity index (χ0n) is 19.4. The van der Waals surface area contributed by atoms with E-state index in [0.717, 1.165) is 30.5 Å². The number of sulfonamides is 1. The van der Waals surface area contributed by atoms with Gasteiger partial charge in [0.15, 0.2) is 11.5 Å². The lowest BCUT2D eigenvalue weighted by Crippen LogP contribution is -2.42. The molecule has 1 heterocycles. The van der Waals surface area contributed by atoms with E-state index in [1.54, 1.807) is 30.3 Å². The first kappa shape index (κ1) is 23.4. The number of hydrogen-bond acceptors (Lipinski definition) is 6. The molecule has 1 N–H and O–H groups in total. The van der Waals surface area contributed by atoms with E-state index >= 15 is 0 Å². The molecule has 33 heavy (non-hydrogen) atoms. The Morgan fingerprint density at radius 3 is 2.27 bits per heavy atom. The van der Waals surface area contributed by atoms with Crippen molar-refractivity contribution in [1.82, 2.24) is 4.72 Å². The molecule has 1 saturated carbocycles. The number of nitrogens with one attached hydrogen (secondary N) is 1. The van der Waals surface area contributed by atoms with E-state index in [1.807, 2.05) is 11.8 Å². The second kappa shape index (κ2) is 9.23. The number of carbonyl (C=O) groups excluding carboxylic acids is 1. The fraction of sp³-hybridized carbons (Fsp3) is 0.458. The van der Waals surface area contributed by atoms with Crippen LogP contribution in [0.1, 0.15) is 37.3 Å². The molecule has 8 nitrogen and oxygen atoms in total. The monoisotopic (exact) mass is 474 g/mol. The van der Waals surface area contributed by atoms with Gasteiger partial charge in [0.25, 0.3) is 0 Å². The first-order chi connectivity index (χ1) is 15.8. The van der Waals surface area contributed by atoms with Gasteiger partial charge in [0.1, 0.15) is 0 Å². The molecule has 0 radical (unpaired) electrons. The highest BCUT2D eigenvalue weighted by Crippen LogP contribution is 2.39. The normalized spacial score (nSPS) is 17.9. The molecule has 2 aliphatic rings. The molecular formula is C24H30N2O6S. The standard InChI is InChI=1S/C24H30N2O6S/c1-15-10-18-13-19(8-9-20(18)26(15)24(27)17-6-5-7-17)33(28,29)25-14-16-11-21(30-2)23(32-4)22(12-16)31-3/h8-9,11-13,15,17,25H,5-7,10,14H2,1-4H3/t15-/m1/s1. The Bertz CT molecular complexity index is 1130. The van der Waals surface area contributed by atoms with Crippen LogP contribution in [0, 0.1) is 5.92 Å². The summed E-state index contributed by atoms with van der Waals surface area (Å²) < 4.78 is 44.7. The zero-order chi connectivity index (χ0) is 23.8. The summed E-state index contributed by atoms with van der Waals surface area (Å²) in [6.45, 7) is 2.06. The molecule has 0 saturated heterocycles. The molecule has 9 heteroatoms. The Morgan fingerprint density at radius 1 is 1.06 bits per heavy atom. The van der Waals surface area contributed by atoms with Crippen LogP contribution in [0.15, 0.2) is 35.2 Å². The van der Waals surface area contributed by atoms with Gasteiger partial charge in [-0.05, 0) is 67.6 Å². The molecule has 2 aromatic rings. The zero-order valence-corrected chi connectivity index (χ0v) is 20.2. The van der Waals surface area contributed by atoms with Crippen LogP contribution in [-0.2, 0) is 27.8 Å². The Balaban J connectivity index is 1.53. The van der Waals surface area contributed by atoms with Crippen molar-refractivity contribution < 1.29 is 27.4 Å². The minimum atomic E-state index is -3.77. The molecule has 0 bridgehead atoms. The van der Waals surface area contributed by atoms with Crippen molar-refractivity contribution in [3.05, 3.63) is 41.5 Å². The van der Waals surface area contributed by atoms with Crippen molar-refractivity contribution in [3.8, 4) is 17.2 Å². The number of amides is 1. The Hall–Kier alpha value is -2.78. The number of rotatable bonds is 8. The molecule has 0 spiro atoms. The third-order valence-corrected chi connectivity index (χ3v) is 7.86. The number of hydrogen-bond donors (Lipinski definition) is 1. The molecule has 1 amide bonds. The maximum atomic E-state index is 13.0. The van der Waals surface area contributed by atoms with Gasteiger partial charge in [-0.3, -0.25) is 4.79 Å². The second-order valence-electron chi connectivity index (χ2n) is 8.54. The molecule has 1 aliphatic heterocycles. The minimum Gasteiger partial charge on any atom is -0.493 e. The van der Waals surface area contributed by atoms with Crippen LogP contribution in [0.4, 0.5) is 5.69 Å². The van der Waals surface area contributed by atoms with E-state index in [4.69, 9.17) is 14.2 Å². The van der Waals surface area contributed by atoms with E-state index in [1.165, 1.54) is 21.3 Å². The predicted octanol–water partition coefficient (Wildman–Crippen LogP) is 3.27. The number of methoxy groups -OCH3 is 3. The molecule has 1 fully saturated rings. The molecule has 0 unspecified atom stereocenters. The molecular weight excluding hydrogens is 444 g/mol. The van der Waals surface area contributed by atoms with Gasteiger partial charge >= 0.3 is 0 Å². The Labute approximate surface area is 194 Å². The lowest BCUT2D eigenvalue weighted by molar-refractivity contribution is -0.125. The number of carbonyl (C=O) groups is 1. The van der Waals surface area contributed by atoms with Crippen LogP contribution in [0.3, 0.4) is 0 Å². The summed E-state index contributed by atoms with van der Waals surface area (Å²) in [7, 11) is 0.765. The average Bonchev–Trinajstić information content (AvgIpc) is 3.10. The SMILES string of the molecule is COc1cc(CNS(=O)(=O)c2ccc3c(c2)C[C@@H](C)N3C(=O)C2CCC2)cc(OC)c1OC. The highest BCUT2D eigenvalue weighted by Gasteiger charge is 2.37. The van der Waals surface area contributed by atoms with E-state index < -0.39 is 10.0 Å². The highest BCUT2D eigenvalue weighted by atomic mass is 32.2. The fourth-order valence-electron chi connectivity index (χ4n) is 4.46. The number of nitrogens with zero attached hydrogens (tertiary/aromatic N) is 1. The number of benzene rings is 2. The predicted molar refractivity (Wildman–Crippen MR) is 125 cm³/mol. The summed E-state index contributed by atoms with van der Waals surface area (Å²) >= 11 is 0. The van der Waals surface area contributed by atoms with Gasteiger partial charge in [0, 0.05) is 24.2 Å². The molecule has 2 aromatic carbocycles. The van der Waals surface area contributed by atoms with Gasteiger partial charge in [-0.2, -0.15) is 0 Å². The smallest absolute Gasteiger partial charge is 0.240 e. The third-order valence-electron chi connectivity index (χ3n) is 6.46. The van der Waals surface area contributed by atoms with Gasteiger partial charge in [-0.25, -0.2) is 13.1 Å². The van der Waals surface area contributed by atoms with Crippen molar-refractivity contribution in [2.24, 2.45) is 5.92 Å². The van der Waals surface area contributed by atoms with Crippen LogP contribution < -0.4 is 23.8 Å². The number of ether oxygens (including phenoxy) is 3. The van der Waals surface area contributed by atoms with Gasteiger partial charge in [0.2, 0.25) is 21.7 Å². The van der Waals surface area contributed by atoms with Crippen LogP contribution in [-0.4, -0.2) is 41.7 Å². The van der Waals surface area contributed by atoms with E-state index in [0.29, 0.717) is 29.2 Å². The van der Waals surface area contributed by atoms with Crippen LogP contribution in [0.25, 0.3) is 0 Å². The summed E-state index contributed by atoms with van der Waals surface area (Å²) in [6, 6.07) is 8.44. The Morgan fingerprint density at radius 2 is 1.73 bits per heavy atom. The molecule has 0 aromatic heterocycles. The Kier molecular flexibility index (Phi) is 6.54. The molecule has 1 atom stereocenters. The summed E-state index contributed by atoms with van der Waals surface area (Å²) in [6.07, 6.45) is 3.62. The third kappa shape index (κ3) is 4.39. The van der Waals surface area contributed by atoms with E-state index in [-0.39, 0.29) is 29.3 Å². The minimum absolute atomic E-state index is 0.0262. The van der Waals surface area contributed by atoms with Crippen molar-refractivity contribution in [2.45, 2.75) is 50.1 Å². The summed E-state index contributed by atoms with van der Waals surface area (Å²) in [5.74, 6) is 1.61. The van der Waals surface area contributed by atoms with E-state index in [2.05, 4.69) is 4.72 Å². The van der Waals surface area contributed by atoms with Gasteiger partial charge in [0.05, 0.1) is 26.2 Å². The highest BCUT2D eigenvalue weighted by molar-refractivity contribution is 7.89. The largest absolute Gasteiger partial charge is 0.493 e. The lowest BCUT2D eigenvalue weighted by Gasteiger charge is -2.32. The van der Waals surface area contributed by atoms with Crippen molar-refractivity contribution in [2.75, 3.05) is 26.2 Å². The number of fused-ring (bicyclic) bond motifs is 1. The maximum Gasteiger partial charge on any atom is 0.240 e. The van der Waals surface area contributed by atoms with Crippen LogP contribution in [0.2, 0.25) is 0 Å². The van der Waals surface area contributed by atoms with Crippen molar-refractivity contribution >= 4 is 21.6 Å². The van der Waals surface area contributed by atoms with Gasteiger partial charge in [-0.15, -0.1) is 0 Å². The first-order valence-corrected chi connectivity index (χ1v) is 12.5. The fourth-order valence-corrected chi connectivity index (χ4v) is 5.53. The van der Waals surface area contributed by atoms with Gasteiger partial charge in [-0.1, -0.05) is 6.42 Å². The van der Waals surface area contributed by atoms with Crippen molar-refractivity contribution in [3.63, 3.8) is 0 Å². The first-order valence-electron chi connectivity index (χ1n) is 11.0. The molecule has 4 rings (SSSR count). The topological polar surface area (TPSA) is 94.2 Å². The van der Waals surface area contributed by atoms with E-state index in [9.17, 15) is 13.2 Å². The van der Waals surface area contributed by atoms with Gasteiger partial charge < -0.3 is 19.1 Å². The van der Waals surface area contributed by atoms with Crippen LogP contribution in [0.5, 0.6) is 17.2 Å². The van der Waals surface area contributed by atoms with Crippen molar-refractivity contribution in [1.29, 1.82) is 0 Å². The summed E-state index contributed by atoms with van der Waals surface area (Å²) in [5.41, 5.74) is 2.37. The quantitative estimate of drug-likeness (QED) is 0.631. The van der Waals surface area contributed by atoms with Crippen LogP contribution >= 0.6 is 0 Å². The maximum absolute atomic E-state index is 13.0. The second-order valence-corrected chi connectivity index (χ2v) is 10.3. The molecule has 1 aliphatic carbocycles. The summed E-state index contributed by atoms with van der Waals surface area (Å²) in [5, 5.41) is 0. The number of anilines is 1.